The fourth-order valence-electron chi connectivity index (χ4n) is 4.25. The first-order valence-corrected chi connectivity index (χ1v) is 11.8. The van der Waals surface area contributed by atoms with Gasteiger partial charge in [-0.3, -0.25) is 14.5 Å². The highest BCUT2D eigenvalue weighted by atomic mass is 32.2. The molecule has 5 nitrogen and oxygen atoms in total. The summed E-state index contributed by atoms with van der Waals surface area (Å²) in [5, 5.41) is 10.8. The molecule has 6 heteroatoms. The summed E-state index contributed by atoms with van der Waals surface area (Å²) in [6.45, 7) is 2.02. The first-order chi connectivity index (χ1) is 16.6. The Kier molecular flexibility index (Phi) is 5.79. The number of hydrogen-bond donors (Lipinski definition) is 1. The van der Waals surface area contributed by atoms with Crippen molar-refractivity contribution >= 4 is 40.0 Å². The summed E-state index contributed by atoms with van der Waals surface area (Å²) in [4.78, 5) is 31.8. The van der Waals surface area contributed by atoms with Gasteiger partial charge in [0.15, 0.2) is 0 Å². The Bertz CT molecular complexity index is 1480. The number of amides is 1. The second-order valence-electron chi connectivity index (χ2n) is 8.18. The van der Waals surface area contributed by atoms with Gasteiger partial charge in [0.1, 0.15) is 16.7 Å². The molecule has 2 heterocycles. The average molecular weight is 464 g/mol. The van der Waals surface area contributed by atoms with Crippen LogP contribution < -0.4 is 4.90 Å². The molecule has 0 unspecified atom stereocenters. The monoisotopic (exact) mass is 463 g/mol. The molecule has 1 saturated heterocycles. The molecule has 166 valence electrons. The summed E-state index contributed by atoms with van der Waals surface area (Å²) in [7, 11) is 0. The zero-order chi connectivity index (χ0) is 23.7. The number of carbonyl (C=O) groups excluding carboxylic acids is 2. The number of nitriles is 1. The lowest BCUT2D eigenvalue weighted by atomic mass is 10.0. The number of nitrogens with one attached hydrogen (secondary N) is 1. The van der Waals surface area contributed by atoms with E-state index in [0.29, 0.717) is 22.7 Å². The molecule has 0 radical (unpaired) electrons. The predicted molar refractivity (Wildman–Crippen MR) is 135 cm³/mol. The number of rotatable bonds is 5. The third kappa shape index (κ3) is 3.91. The van der Waals surface area contributed by atoms with Crippen molar-refractivity contribution in [3.63, 3.8) is 0 Å². The third-order valence-electron chi connectivity index (χ3n) is 5.86. The molecule has 1 amide bonds. The van der Waals surface area contributed by atoms with Crippen LogP contribution in [0.15, 0.2) is 95.7 Å². The normalized spacial score (nSPS) is 17.1. The van der Waals surface area contributed by atoms with Crippen LogP contribution in [0.4, 0.5) is 5.69 Å². The number of Topliss-reactive ketones (excluding diaryl/α,β-unsaturated/α-hetero) is 1. The Morgan fingerprint density at radius 2 is 1.82 bits per heavy atom. The lowest BCUT2D eigenvalue weighted by Crippen LogP contribution is -2.30. The fraction of sp³-hybridized carbons (Fsp3) is 0.107. The molecule has 0 spiro atoms. The Labute approximate surface area is 201 Å². The molecular weight excluding hydrogens is 442 g/mol. The summed E-state index contributed by atoms with van der Waals surface area (Å²) < 4.78 is 0. The highest BCUT2D eigenvalue weighted by Gasteiger charge is 2.41. The molecule has 1 atom stereocenters. The van der Waals surface area contributed by atoms with Crippen molar-refractivity contribution in [1.82, 2.24) is 4.98 Å². The van der Waals surface area contributed by atoms with Crippen LogP contribution in [0.5, 0.6) is 0 Å². The van der Waals surface area contributed by atoms with Crippen LogP contribution in [0, 0.1) is 18.3 Å². The lowest BCUT2D eigenvalue weighted by molar-refractivity contribution is -0.117. The number of H-pyrrole nitrogens is 1. The number of ketones is 1. The number of aromatic nitrogens is 1. The predicted octanol–water partition coefficient (Wildman–Crippen LogP) is 5.79. The van der Waals surface area contributed by atoms with E-state index in [1.165, 1.54) is 16.7 Å². The highest BCUT2D eigenvalue weighted by molar-refractivity contribution is 8.05. The lowest BCUT2D eigenvalue weighted by Gasteiger charge is -2.18. The molecule has 1 fully saturated rings. The molecule has 4 aromatic rings. The maximum absolute atomic E-state index is 13.6. The standard InChI is InChI=1S/C28H21N3O2S/c1-18-8-7-9-19(14-18)15-25-27(33)31(20-10-3-2-4-11-20)28(34-25)22(16-29)26(32)23-17-30-24-13-6-5-12-21(23)24/h2-14,17,25,30H,15H2,1H3/b28-22+/t25-/m1/s1. The van der Waals surface area contributed by atoms with Crippen molar-refractivity contribution in [2.75, 3.05) is 4.90 Å². The number of para-hydroxylation sites is 2. The zero-order valence-corrected chi connectivity index (χ0v) is 19.3. The number of carbonyl (C=O) groups is 2. The van der Waals surface area contributed by atoms with E-state index in [2.05, 4.69) is 17.1 Å². The third-order valence-corrected chi connectivity index (χ3v) is 7.12. The largest absolute Gasteiger partial charge is 0.360 e. The van der Waals surface area contributed by atoms with Gasteiger partial charge in [-0.2, -0.15) is 5.26 Å². The first kappa shape index (κ1) is 21.7. The number of nitrogens with zero attached hydrogens (tertiary/aromatic N) is 2. The smallest absolute Gasteiger partial charge is 0.245 e. The van der Waals surface area contributed by atoms with E-state index in [1.54, 1.807) is 6.20 Å². The highest BCUT2D eigenvalue weighted by Crippen LogP contribution is 2.42. The minimum absolute atomic E-state index is 0.0290. The van der Waals surface area contributed by atoms with Crippen LogP contribution in [0.3, 0.4) is 0 Å². The van der Waals surface area contributed by atoms with E-state index < -0.39 is 11.0 Å². The molecule has 3 aromatic carbocycles. The van der Waals surface area contributed by atoms with Crippen molar-refractivity contribution in [3.05, 3.63) is 112 Å². The van der Waals surface area contributed by atoms with Crippen LogP contribution in [-0.2, 0) is 11.2 Å². The topological polar surface area (TPSA) is 77.0 Å². The SMILES string of the molecule is Cc1cccc(C[C@H]2S/C(=C(\C#N)C(=O)c3c[nH]c4ccccc34)N(c3ccccc3)C2=O)c1. The summed E-state index contributed by atoms with van der Waals surface area (Å²) in [5.74, 6) is -0.528. The molecule has 1 aliphatic rings. The average Bonchev–Trinajstić information content (AvgIpc) is 3.42. The van der Waals surface area contributed by atoms with Crippen molar-refractivity contribution in [1.29, 1.82) is 5.26 Å². The number of benzene rings is 3. The zero-order valence-electron chi connectivity index (χ0n) is 18.5. The number of fused-ring (bicyclic) bond motifs is 1. The number of anilines is 1. The minimum atomic E-state index is -0.434. The van der Waals surface area contributed by atoms with Gasteiger partial charge in [0.25, 0.3) is 0 Å². The van der Waals surface area contributed by atoms with E-state index in [0.717, 1.165) is 22.0 Å². The molecule has 1 aromatic heterocycles. The number of allylic oxidation sites excluding steroid dienone is 1. The quantitative estimate of drug-likeness (QED) is 0.231. The van der Waals surface area contributed by atoms with Gasteiger partial charge in [0.05, 0.1) is 5.25 Å². The van der Waals surface area contributed by atoms with Gasteiger partial charge in [-0.1, -0.05) is 78.0 Å². The van der Waals surface area contributed by atoms with E-state index >= 15 is 0 Å². The van der Waals surface area contributed by atoms with Crippen molar-refractivity contribution in [3.8, 4) is 6.07 Å². The summed E-state index contributed by atoms with van der Waals surface area (Å²) in [6.07, 6.45) is 2.14. The first-order valence-electron chi connectivity index (χ1n) is 10.9. The van der Waals surface area contributed by atoms with Crippen LogP contribution >= 0.6 is 11.8 Å². The van der Waals surface area contributed by atoms with E-state index in [4.69, 9.17) is 0 Å². The minimum Gasteiger partial charge on any atom is -0.360 e. The second-order valence-corrected chi connectivity index (χ2v) is 9.37. The van der Waals surface area contributed by atoms with Gasteiger partial charge >= 0.3 is 0 Å². The Morgan fingerprint density at radius 3 is 2.59 bits per heavy atom. The number of thioether (sulfide) groups is 1. The molecule has 1 N–H and O–H groups in total. The Morgan fingerprint density at radius 1 is 1.06 bits per heavy atom. The molecule has 0 bridgehead atoms. The van der Waals surface area contributed by atoms with Gasteiger partial charge in [-0.25, -0.2) is 0 Å². The molecule has 34 heavy (non-hydrogen) atoms. The van der Waals surface area contributed by atoms with Gasteiger partial charge in [-0.15, -0.1) is 0 Å². The fourth-order valence-corrected chi connectivity index (χ4v) is 5.55. The second kappa shape index (κ2) is 9.05. The van der Waals surface area contributed by atoms with Gasteiger partial charge in [0.2, 0.25) is 11.7 Å². The van der Waals surface area contributed by atoms with Crippen molar-refractivity contribution in [2.45, 2.75) is 18.6 Å². The number of hydrogen-bond acceptors (Lipinski definition) is 4. The molecule has 1 aliphatic heterocycles. The maximum atomic E-state index is 13.6. The van der Waals surface area contributed by atoms with E-state index in [1.807, 2.05) is 79.7 Å². The summed E-state index contributed by atoms with van der Waals surface area (Å²) >= 11 is 1.29. The summed E-state index contributed by atoms with van der Waals surface area (Å²) in [6, 6.07) is 26.8. The maximum Gasteiger partial charge on any atom is 0.245 e. The molecule has 5 rings (SSSR count). The Balaban J connectivity index is 1.60. The van der Waals surface area contributed by atoms with Crippen molar-refractivity contribution in [2.24, 2.45) is 0 Å². The van der Waals surface area contributed by atoms with E-state index in [9.17, 15) is 14.9 Å². The van der Waals surface area contributed by atoms with Crippen LogP contribution in [0.25, 0.3) is 10.9 Å². The number of aromatic amines is 1. The van der Waals surface area contributed by atoms with Gasteiger partial charge in [-0.05, 0) is 37.1 Å². The number of aryl methyl sites for hydroxylation is 1. The van der Waals surface area contributed by atoms with Gasteiger partial charge in [0, 0.05) is 28.4 Å². The Hall–Kier alpha value is -4.08. The van der Waals surface area contributed by atoms with Crippen LogP contribution in [0.1, 0.15) is 21.5 Å². The molecule has 0 aliphatic carbocycles. The summed E-state index contributed by atoms with van der Waals surface area (Å²) in [5.41, 5.74) is 4.01. The van der Waals surface area contributed by atoms with E-state index in [-0.39, 0.29) is 11.5 Å². The van der Waals surface area contributed by atoms with Crippen molar-refractivity contribution < 1.29 is 9.59 Å². The molecule has 0 saturated carbocycles. The van der Waals surface area contributed by atoms with Gasteiger partial charge < -0.3 is 4.98 Å². The van der Waals surface area contributed by atoms with Crippen LogP contribution in [0.2, 0.25) is 0 Å². The van der Waals surface area contributed by atoms with Crippen LogP contribution in [-0.4, -0.2) is 21.9 Å². The molecular formula is C28H21N3O2S.